The molecule has 2 amide bonds. The molecule has 1 atom stereocenters. The first kappa shape index (κ1) is 28.2. The molecule has 0 saturated carbocycles. The van der Waals surface area contributed by atoms with Crippen molar-refractivity contribution < 1.29 is 9.59 Å². The molecule has 1 unspecified atom stereocenters. The molecule has 200 valence electrons. The lowest BCUT2D eigenvalue weighted by Gasteiger charge is -2.43. The summed E-state index contributed by atoms with van der Waals surface area (Å²) in [7, 11) is 0. The molecule has 5 nitrogen and oxygen atoms in total. The standard InChI is InChI=1S/C31H35Cl2N3O2/c1-22-8-6-7-11-27(22)30(38)34-21-25(24-12-13-28(32)29(33)20-24)14-17-36-18-15-31(16-19-36,35-23(2)37)26-9-4-3-5-10-26/h3-13,20,25H,14-19,21H2,1-2H3,(H,34,38)(H,35,37). The van der Waals surface area contributed by atoms with Crippen molar-refractivity contribution in [2.75, 3.05) is 26.2 Å². The van der Waals surface area contributed by atoms with Crippen molar-refractivity contribution in [1.82, 2.24) is 15.5 Å². The third kappa shape index (κ3) is 6.96. The van der Waals surface area contributed by atoms with E-state index in [4.69, 9.17) is 23.2 Å². The molecular weight excluding hydrogens is 517 g/mol. The van der Waals surface area contributed by atoms with Crippen LogP contribution in [0.1, 0.15) is 59.2 Å². The Balaban J connectivity index is 1.43. The number of hydrogen-bond donors (Lipinski definition) is 2. The zero-order valence-electron chi connectivity index (χ0n) is 22.0. The van der Waals surface area contributed by atoms with Gasteiger partial charge in [-0.3, -0.25) is 9.59 Å². The summed E-state index contributed by atoms with van der Waals surface area (Å²) in [5.74, 6) is -0.00523. The molecule has 3 aromatic rings. The van der Waals surface area contributed by atoms with Crippen molar-refractivity contribution >= 4 is 35.0 Å². The van der Waals surface area contributed by atoms with Crippen LogP contribution in [0.3, 0.4) is 0 Å². The van der Waals surface area contributed by atoms with Gasteiger partial charge in [-0.25, -0.2) is 0 Å². The zero-order valence-corrected chi connectivity index (χ0v) is 23.5. The number of carbonyl (C=O) groups is 2. The van der Waals surface area contributed by atoms with Gasteiger partial charge in [0.2, 0.25) is 5.91 Å². The molecule has 1 saturated heterocycles. The Morgan fingerprint density at radius 1 is 0.947 bits per heavy atom. The van der Waals surface area contributed by atoms with Gasteiger partial charge in [0, 0.05) is 38.0 Å². The molecule has 2 N–H and O–H groups in total. The summed E-state index contributed by atoms with van der Waals surface area (Å²) < 4.78 is 0. The fourth-order valence-corrected chi connectivity index (χ4v) is 5.67. The Labute approximate surface area is 235 Å². The number of aryl methyl sites for hydroxylation is 1. The maximum absolute atomic E-state index is 12.9. The molecular formula is C31H35Cl2N3O2. The molecule has 0 bridgehead atoms. The summed E-state index contributed by atoms with van der Waals surface area (Å²) in [5.41, 5.74) is 3.51. The predicted octanol–water partition coefficient (Wildman–Crippen LogP) is 6.33. The fourth-order valence-electron chi connectivity index (χ4n) is 5.37. The summed E-state index contributed by atoms with van der Waals surface area (Å²) >= 11 is 12.5. The van der Waals surface area contributed by atoms with Gasteiger partial charge in [-0.15, -0.1) is 0 Å². The van der Waals surface area contributed by atoms with Crippen LogP contribution in [-0.2, 0) is 10.3 Å². The topological polar surface area (TPSA) is 61.4 Å². The number of rotatable bonds is 9. The lowest BCUT2D eigenvalue weighted by molar-refractivity contribution is -0.121. The highest BCUT2D eigenvalue weighted by Gasteiger charge is 2.36. The predicted molar refractivity (Wildman–Crippen MR) is 155 cm³/mol. The van der Waals surface area contributed by atoms with E-state index in [0.29, 0.717) is 22.2 Å². The first-order valence-corrected chi connectivity index (χ1v) is 13.9. The maximum Gasteiger partial charge on any atom is 0.251 e. The van der Waals surface area contributed by atoms with Gasteiger partial charge in [-0.05, 0) is 67.6 Å². The molecule has 0 radical (unpaired) electrons. The second kappa shape index (κ2) is 12.8. The van der Waals surface area contributed by atoms with Gasteiger partial charge < -0.3 is 15.5 Å². The maximum atomic E-state index is 12.9. The quantitative estimate of drug-likeness (QED) is 0.326. The molecule has 0 aromatic heterocycles. The summed E-state index contributed by atoms with van der Waals surface area (Å²) in [6.45, 7) is 6.65. The van der Waals surface area contributed by atoms with Crippen LogP contribution < -0.4 is 10.6 Å². The highest BCUT2D eigenvalue weighted by Crippen LogP contribution is 2.34. The number of carbonyl (C=O) groups excluding carboxylic acids is 2. The average molecular weight is 553 g/mol. The van der Waals surface area contributed by atoms with E-state index in [9.17, 15) is 9.59 Å². The lowest BCUT2D eigenvalue weighted by atomic mass is 9.80. The van der Waals surface area contributed by atoms with Gasteiger partial charge in [-0.1, -0.05) is 77.8 Å². The number of piperidine rings is 1. The Bertz CT molecular complexity index is 1260. The van der Waals surface area contributed by atoms with E-state index in [0.717, 1.165) is 55.6 Å². The Morgan fingerprint density at radius 2 is 1.63 bits per heavy atom. The molecule has 1 aliphatic rings. The number of nitrogens with zero attached hydrogens (tertiary/aromatic N) is 1. The van der Waals surface area contributed by atoms with Crippen molar-refractivity contribution in [1.29, 1.82) is 0 Å². The monoisotopic (exact) mass is 551 g/mol. The van der Waals surface area contributed by atoms with E-state index in [1.807, 2.05) is 67.6 Å². The SMILES string of the molecule is CC(=O)NC1(c2ccccc2)CCN(CCC(CNC(=O)c2ccccc2C)c2ccc(Cl)c(Cl)c2)CC1. The van der Waals surface area contributed by atoms with Crippen LogP contribution in [0.15, 0.2) is 72.8 Å². The zero-order chi connectivity index (χ0) is 27.1. The summed E-state index contributed by atoms with van der Waals surface area (Å²) in [6.07, 6.45) is 2.54. The van der Waals surface area contributed by atoms with Crippen LogP contribution in [0.4, 0.5) is 0 Å². The van der Waals surface area contributed by atoms with Gasteiger partial charge >= 0.3 is 0 Å². The summed E-state index contributed by atoms with van der Waals surface area (Å²) in [4.78, 5) is 27.4. The molecule has 4 rings (SSSR count). The van der Waals surface area contributed by atoms with Gasteiger partial charge in [0.05, 0.1) is 15.6 Å². The molecule has 38 heavy (non-hydrogen) atoms. The fraction of sp³-hybridized carbons (Fsp3) is 0.355. The number of amides is 2. The smallest absolute Gasteiger partial charge is 0.251 e. The largest absolute Gasteiger partial charge is 0.351 e. The highest BCUT2D eigenvalue weighted by molar-refractivity contribution is 6.42. The van der Waals surface area contributed by atoms with Crippen molar-refractivity contribution in [3.63, 3.8) is 0 Å². The minimum atomic E-state index is -0.339. The van der Waals surface area contributed by atoms with Gasteiger partial charge in [0.25, 0.3) is 5.91 Å². The van der Waals surface area contributed by atoms with Gasteiger partial charge in [0.1, 0.15) is 0 Å². The van der Waals surface area contributed by atoms with Gasteiger partial charge in [0.15, 0.2) is 0 Å². The molecule has 0 aliphatic carbocycles. The summed E-state index contributed by atoms with van der Waals surface area (Å²) in [6, 6.07) is 23.6. The molecule has 1 aliphatic heterocycles. The van der Waals surface area contributed by atoms with Crippen LogP contribution in [0, 0.1) is 6.92 Å². The third-order valence-corrected chi connectivity index (χ3v) is 8.30. The second-order valence-electron chi connectivity index (χ2n) is 10.2. The van der Waals surface area contributed by atoms with E-state index in [1.165, 1.54) is 0 Å². The third-order valence-electron chi connectivity index (χ3n) is 7.56. The first-order chi connectivity index (χ1) is 18.3. The molecule has 0 spiro atoms. The van der Waals surface area contributed by atoms with Crippen LogP contribution >= 0.6 is 23.2 Å². The minimum Gasteiger partial charge on any atom is -0.351 e. The van der Waals surface area contributed by atoms with E-state index in [1.54, 1.807) is 6.92 Å². The summed E-state index contributed by atoms with van der Waals surface area (Å²) in [5, 5.41) is 7.41. The van der Waals surface area contributed by atoms with Crippen LogP contribution in [-0.4, -0.2) is 42.9 Å². The van der Waals surface area contributed by atoms with E-state index in [2.05, 4.69) is 27.7 Å². The Kier molecular flexibility index (Phi) is 9.48. The van der Waals surface area contributed by atoms with Crippen molar-refractivity contribution in [3.8, 4) is 0 Å². The number of nitrogens with one attached hydrogen (secondary N) is 2. The van der Waals surface area contributed by atoms with Crippen molar-refractivity contribution in [2.45, 2.75) is 44.6 Å². The highest BCUT2D eigenvalue weighted by atomic mass is 35.5. The lowest BCUT2D eigenvalue weighted by Crippen LogP contribution is -2.52. The van der Waals surface area contributed by atoms with E-state index >= 15 is 0 Å². The van der Waals surface area contributed by atoms with Crippen molar-refractivity contribution in [2.24, 2.45) is 0 Å². The number of likely N-dealkylation sites (tertiary alicyclic amines) is 1. The molecule has 1 heterocycles. The second-order valence-corrected chi connectivity index (χ2v) is 11.0. The van der Waals surface area contributed by atoms with E-state index < -0.39 is 0 Å². The number of halogens is 2. The average Bonchev–Trinajstić information content (AvgIpc) is 2.91. The van der Waals surface area contributed by atoms with Gasteiger partial charge in [-0.2, -0.15) is 0 Å². The van der Waals surface area contributed by atoms with E-state index in [-0.39, 0.29) is 23.3 Å². The normalized spacial score (nSPS) is 16.0. The Hall–Kier alpha value is -2.86. The van der Waals surface area contributed by atoms with Crippen LogP contribution in [0.2, 0.25) is 10.0 Å². The molecule has 7 heteroatoms. The number of benzene rings is 3. The molecule has 3 aromatic carbocycles. The van der Waals surface area contributed by atoms with Crippen LogP contribution in [0.5, 0.6) is 0 Å². The minimum absolute atomic E-state index is 0.00798. The van der Waals surface area contributed by atoms with Crippen molar-refractivity contribution in [3.05, 3.63) is 105 Å². The molecule has 1 fully saturated rings. The first-order valence-electron chi connectivity index (χ1n) is 13.1. The van der Waals surface area contributed by atoms with Crippen LogP contribution in [0.25, 0.3) is 0 Å². The Morgan fingerprint density at radius 3 is 2.29 bits per heavy atom. The number of hydrogen-bond acceptors (Lipinski definition) is 3.